The number of morpholine rings is 1. The molecular formula is C23H29ClF2N6O2. The molecule has 1 aromatic heterocycles. The number of ether oxygens (including phenoxy) is 1. The van der Waals surface area contributed by atoms with Gasteiger partial charge < -0.3 is 24.8 Å². The molecule has 8 nitrogen and oxygen atoms in total. The molecule has 2 amide bonds. The minimum absolute atomic E-state index is 0.0411. The largest absolute Gasteiger partial charge is 0.378 e. The molecule has 2 aromatic rings. The van der Waals surface area contributed by atoms with Crippen LogP contribution in [0.3, 0.4) is 0 Å². The number of hydrogen-bond donors (Lipinski definition) is 1. The fraction of sp³-hybridized carbons (Fsp3) is 0.522. The summed E-state index contributed by atoms with van der Waals surface area (Å²) in [5, 5.41) is 3.37. The number of nitrogens with zero attached hydrogens (tertiary/aromatic N) is 5. The van der Waals surface area contributed by atoms with Gasteiger partial charge >= 0.3 is 6.03 Å². The Hall–Kier alpha value is -2.56. The Balaban J connectivity index is 1.52. The summed E-state index contributed by atoms with van der Waals surface area (Å²) in [6.07, 6.45) is 0. The van der Waals surface area contributed by atoms with Gasteiger partial charge in [0.2, 0.25) is 5.28 Å². The first kappa shape index (κ1) is 24.6. The number of fused-ring (bicyclic) bond motifs is 1. The van der Waals surface area contributed by atoms with E-state index in [2.05, 4.69) is 15.3 Å². The molecule has 1 N–H and O–H groups in total. The second kappa shape index (κ2) is 9.97. The summed E-state index contributed by atoms with van der Waals surface area (Å²) in [6, 6.07) is 5.98. The highest BCUT2D eigenvalue weighted by Gasteiger charge is 2.34. The Morgan fingerprint density at radius 3 is 2.68 bits per heavy atom. The lowest BCUT2D eigenvalue weighted by atomic mass is 10.0. The van der Waals surface area contributed by atoms with Gasteiger partial charge in [-0.1, -0.05) is 18.2 Å². The van der Waals surface area contributed by atoms with Gasteiger partial charge in [0.1, 0.15) is 5.82 Å². The minimum Gasteiger partial charge on any atom is -0.378 e. The van der Waals surface area contributed by atoms with Gasteiger partial charge in [-0.3, -0.25) is 0 Å². The first-order chi connectivity index (χ1) is 16.1. The van der Waals surface area contributed by atoms with E-state index in [0.717, 1.165) is 5.56 Å². The van der Waals surface area contributed by atoms with Crippen LogP contribution in [0, 0.1) is 0 Å². The van der Waals surface area contributed by atoms with Crippen LogP contribution in [0.1, 0.15) is 35.3 Å². The van der Waals surface area contributed by atoms with Crippen molar-refractivity contribution in [1.82, 2.24) is 24.7 Å². The standard InChI is InChI=1S/C23H29ClF2N6O2/c1-15(16-5-4-6-17(11-16)23(25,26)14-30(2)3)27-20-18-12-32(13-19(18)28-21(24)29-20)22(33)31-7-9-34-10-8-31/h4-6,11,15H,7-10,12-14H2,1-3H3,(H,27,28,29)/t15-/m1/s1. The number of likely N-dealkylation sites (N-methyl/N-ethyl adjacent to an activating group) is 1. The zero-order valence-electron chi connectivity index (χ0n) is 19.5. The van der Waals surface area contributed by atoms with Crippen molar-refractivity contribution in [2.24, 2.45) is 0 Å². The smallest absolute Gasteiger partial charge is 0.320 e. The number of nitrogens with one attached hydrogen (secondary N) is 1. The molecule has 3 heterocycles. The maximum absolute atomic E-state index is 14.6. The van der Waals surface area contributed by atoms with Crippen LogP contribution in [-0.2, 0) is 23.7 Å². The summed E-state index contributed by atoms with van der Waals surface area (Å²) in [6.45, 7) is 4.33. The van der Waals surface area contributed by atoms with Gasteiger partial charge in [0.05, 0.1) is 38.5 Å². The van der Waals surface area contributed by atoms with Gasteiger partial charge in [0.25, 0.3) is 5.92 Å². The molecule has 1 aromatic carbocycles. The second-order valence-corrected chi connectivity index (χ2v) is 9.28. The molecule has 2 aliphatic heterocycles. The summed E-state index contributed by atoms with van der Waals surface area (Å²) in [5.74, 6) is -2.47. The first-order valence-corrected chi connectivity index (χ1v) is 11.6. The summed E-state index contributed by atoms with van der Waals surface area (Å²) in [4.78, 5) is 26.5. The zero-order chi connectivity index (χ0) is 24.5. The molecule has 0 bridgehead atoms. The molecule has 34 heavy (non-hydrogen) atoms. The molecule has 1 fully saturated rings. The molecule has 2 aliphatic rings. The van der Waals surface area contributed by atoms with Crippen LogP contribution in [0.15, 0.2) is 24.3 Å². The van der Waals surface area contributed by atoms with E-state index in [1.54, 1.807) is 36.0 Å². The van der Waals surface area contributed by atoms with Crippen LogP contribution in [0.4, 0.5) is 19.4 Å². The predicted octanol–water partition coefficient (Wildman–Crippen LogP) is 3.72. The van der Waals surface area contributed by atoms with Gasteiger partial charge in [-0.25, -0.2) is 14.8 Å². The van der Waals surface area contributed by atoms with Crippen molar-refractivity contribution in [1.29, 1.82) is 0 Å². The molecule has 184 valence electrons. The van der Waals surface area contributed by atoms with E-state index >= 15 is 0 Å². The highest BCUT2D eigenvalue weighted by atomic mass is 35.5. The van der Waals surface area contributed by atoms with Crippen molar-refractivity contribution in [2.75, 3.05) is 52.3 Å². The van der Waals surface area contributed by atoms with Crippen LogP contribution in [0.2, 0.25) is 5.28 Å². The van der Waals surface area contributed by atoms with Crippen molar-refractivity contribution in [3.63, 3.8) is 0 Å². The van der Waals surface area contributed by atoms with Crippen molar-refractivity contribution in [3.05, 3.63) is 51.9 Å². The van der Waals surface area contributed by atoms with Crippen LogP contribution in [0.25, 0.3) is 0 Å². The number of carbonyl (C=O) groups excluding carboxylic acids is 1. The number of urea groups is 1. The molecule has 1 atom stereocenters. The quantitative estimate of drug-likeness (QED) is 0.617. The average molecular weight is 495 g/mol. The molecule has 0 unspecified atom stereocenters. The van der Waals surface area contributed by atoms with Crippen LogP contribution >= 0.6 is 11.6 Å². The van der Waals surface area contributed by atoms with Gasteiger partial charge in [-0.05, 0) is 44.2 Å². The topological polar surface area (TPSA) is 73.8 Å². The number of rotatable bonds is 6. The number of halogens is 3. The third kappa shape index (κ3) is 5.39. The molecule has 0 saturated carbocycles. The number of alkyl halides is 2. The Labute approximate surface area is 202 Å². The Morgan fingerprint density at radius 1 is 1.24 bits per heavy atom. The van der Waals surface area contributed by atoms with E-state index in [0.29, 0.717) is 56.5 Å². The van der Waals surface area contributed by atoms with E-state index < -0.39 is 5.92 Å². The highest BCUT2D eigenvalue weighted by molar-refractivity contribution is 6.28. The minimum atomic E-state index is -2.97. The molecule has 0 spiro atoms. The fourth-order valence-corrected chi connectivity index (χ4v) is 4.43. The molecule has 4 rings (SSSR count). The second-order valence-electron chi connectivity index (χ2n) is 8.94. The lowest BCUT2D eigenvalue weighted by molar-refractivity contribution is -0.0270. The van der Waals surface area contributed by atoms with Gasteiger partial charge in [-0.2, -0.15) is 8.78 Å². The third-order valence-electron chi connectivity index (χ3n) is 5.98. The van der Waals surface area contributed by atoms with Crippen molar-refractivity contribution in [2.45, 2.75) is 32.0 Å². The van der Waals surface area contributed by atoms with Crippen molar-refractivity contribution >= 4 is 23.4 Å². The molecule has 11 heteroatoms. The number of amides is 2. The molecule has 1 saturated heterocycles. The van der Waals surface area contributed by atoms with E-state index in [1.165, 1.54) is 17.0 Å². The van der Waals surface area contributed by atoms with E-state index in [9.17, 15) is 13.6 Å². The predicted molar refractivity (Wildman–Crippen MR) is 125 cm³/mol. The van der Waals surface area contributed by atoms with E-state index in [-0.39, 0.29) is 29.5 Å². The number of anilines is 1. The van der Waals surface area contributed by atoms with Gasteiger partial charge in [0, 0.05) is 30.3 Å². The Kier molecular flexibility index (Phi) is 7.20. The molecule has 0 radical (unpaired) electrons. The SMILES string of the molecule is C[C@@H](Nc1nc(Cl)nc2c1CN(C(=O)N1CCOCC1)C2)c1cccc(C(F)(F)CN(C)C)c1. The number of benzene rings is 1. The van der Waals surface area contributed by atoms with Gasteiger partial charge in [-0.15, -0.1) is 0 Å². The third-order valence-corrected chi connectivity index (χ3v) is 6.15. The van der Waals surface area contributed by atoms with Crippen LogP contribution in [-0.4, -0.2) is 77.6 Å². The van der Waals surface area contributed by atoms with Crippen LogP contribution < -0.4 is 5.32 Å². The lowest BCUT2D eigenvalue weighted by Crippen LogP contribution is -2.46. The van der Waals surface area contributed by atoms with Crippen molar-refractivity contribution in [3.8, 4) is 0 Å². The average Bonchev–Trinajstić information content (AvgIpc) is 3.22. The fourth-order valence-electron chi connectivity index (χ4n) is 4.25. The number of aromatic nitrogens is 2. The number of carbonyl (C=O) groups is 1. The summed E-state index contributed by atoms with van der Waals surface area (Å²) in [7, 11) is 3.24. The lowest BCUT2D eigenvalue weighted by Gasteiger charge is -2.30. The Bertz CT molecular complexity index is 1050. The summed E-state index contributed by atoms with van der Waals surface area (Å²) >= 11 is 6.17. The van der Waals surface area contributed by atoms with E-state index in [4.69, 9.17) is 16.3 Å². The summed E-state index contributed by atoms with van der Waals surface area (Å²) in [5.41, 5.74) is 2.12. The van der Waals surface area contributed by atoms with Crippen molar-refractivity contribution < 1.29 is 18.3 Å². The highest BCUT2D eigenvalue weighted by Crippen LogP contribution is 2.33. The van der Waals surface area contributed by atoms with E-state index in [1.807, 2.05) is 6.92 Å². The van der Waals surface area contributed by atoms with Gasteiger partial charge in [0.15, 0.2) is 0 Å². The molecular weight excluding hydrogens is 466 g/mol. The first-order valence-electron chi connectivity index (χ1n) is 11.2. The number of hydrogen-bond acceptors (Lipinski definition) is 6. The monoisotopic (exact) mass is 494 g/mol. The Morgan fingerprint density at radius 2 is 1.97 bits per heavy atom. The normalized spacial score (nSPS) is 17.1. The maximum atomic E-state index is 14.6. The van der Waals surface area contributed by atoms with Crippen LogP contribution in [0.5, 0.6) is 0 Å². The molecule has 0 aliphatic carbocycles. The zero-order valence-corrected chi connectivity index (χ0v) is 20.3. The maximum Gasteiger partial charge on any atom is 0.320 e. The summed E-state index contributed by atoms with van der Waals surface area (Å²) < 4.78 is 34.6.